The summed E-state index contributed by atoms with van der Waals surface area (Å²) in [4.78, 5) is 32.5. The maximum Gasteiger partial charge on any atom is 0.338 e. The fourth-order valence-corrected chi connectivity index (χ4v) is 5.22. The molecule has 188 valence electrons. The molecule has 0 bridgehead atoms. The van der Waals surface area contributed by atoms with Gasteiger partial charge >= 0.3 is 5.97 Å². The van der Waals surface area contributed by atoms with Gasteiger partial charge in [-0.15, -0.1) is 0 Å². The number of esters is 1. The van der Waals surface area contributed by atoms with E-state index in [1.54, 1.807) is 0 Å². The number of fused-ring (bicyclic) bond motifs is 1. The van der Waals surface area contributed by atoms with E-state index in [2.05, 4.69) is 5.32 Å². The molecule has 0 aliphatic carbocycles. The molecule has 2 heterocycles. The number of nitrogens with zero attached hydrogens (tertiary/aromatic N) is 2. The SMILES string of the molecule is CCC1=C(C(=O)OC)C(c2cccc(OCc3ccccc3)c2)N2C(CC(=O)NC(C)C)=CSC2=N1. The molecule has 1 N–H and O–H groups in total. The van der Waals surface area contributed by atoms with Crippen LogP contribution in [0.25, 0.3) is 0 Å². The van der Waals surface area contributed by atoms with Gasteiger partial charge < -0.3 is 19.7 Å². The zero-order valence-corrected chi connectivity index (χ0v) is 21.8. The second-order valence-electron chi connectivity index (χ2n) is 8.85. The number of methoxy groups -OCH3 is 1. The summed E-state index contributed by atoms with van der Waals surface area (Å²) in [6, 6.07) is 17.2. The van der Waals surface area contributed by atoms with E-state index in [0.29, 0.717) is 30.0 Å². The zero-order valence-electron chi connectivity index (χ0n) is 21.0. The predicted molar refractivity (Wildman–Crippen MR) is 142 cm³/mol. The summed E-state index contributed by atoms with van der Waals surface area (Å²) < 4.78 is 11.3. The largest absolute Gasteiger partial charge is 0.489 e. The van der Waals surface area contributed by atoms with Gasteiger partial charge in [0.15, 0.2) is 5.17 Å². The van der Waals surface area contributed by atoms with Crippen LogP contribution < -0.4 is 10.1 Å². The van der Waals surface area contributed by atoms with Crippen LogP contribution in [-0.2, 0) is 20.9 Å². The Morgan fingerprint density at radius 3 is 2.61 bits per heavy atom. The van der Waals surface area contributed by atoms with E-state index in [0.717, 1.165) is 22.0 Å². The van der Waals surface area contributed by atoms with Crippen molar-refractivity contribution in [2.45, 2.75) is 52.3 Å². The Labute approximate surface area is 216 Å². The molecule has 0 spiro atoms. The van der Waals surface area contributed by atoms with Crippen molar-refractivity contribution in [1.82, 2.24) is 10.2 Å². The van der Waals surface area contributed by atoms with Crippen LogP contribution in [0.4, 0.5) is 0 Å². The summed E-state index contributed by atoms with van der Waals surface area (Å²) in [6.07, 6.45) is 0.757. The normalized spacial score (nSPS) is 16.9. The van der Waals surface area contributed by atoms with E-state index >= 15 is 0 Å². The number of carbonyl (C=O) groups excluding carboxylic acids is 2. The topological polar surface area (TPSA) is 80.2 Å². The van der Waals surface area contributed by atoms with Crippen LogP contribution in [0.2, 0.25) is 0 Å². The minimum atomic E-state index is -0.492. The molecule has 2 aliphatic heterocycles. The van der Waals surface area contributed by atoms with Gasteiger partial charge in [0.1, 0.15) is 12.4 Å². The summed E-state index contributed by atoms with van der Waals surface area (Å²) >= 11 is 1.46. The van der Waals surface area contributed by atoms with Gasteiger partial charge in [0.2, 0.25) is 5.91 Å². The Morgan fingerprint density at radius 1 is 1.14 bits per heavy atom. The maximum absolute atomic E-state index is 13.1. The summed E-state index contributed by atoms with van der Waals surface area (Å²) in [5.74, 6) is 0.178. The third kappa shape index (κ3) is 5.65. The molecule has 2 aromatic carbocycles. The highest BCUT2D eigenvalue weighted by atomic mass is 32.2. The first-order chi connectivity index (χ1) is 17.4. The number of thioether (sulfide) groups is 1. The molecule has 1 amide bonds. The number of carbonyl (C=O) groups is 2. The van der Waals surface area contributed by atoms with E-state index < -0.39 is 12.0 Å². The lowest BCUT2D eigenvalue weighted by Crippen LogP contribution is -2.38. The number of amides is 1. The number of rotatable bonds is 9. The average Bonchev–Trinajstić information content (AvgIpc) is 3.28. The van der Waals surface area contributed by atoms with Gasteiger partial charge in [-0.1, -0.05) is 61.2 Å². The highest BCUT2D eigenvalue weighted by Gasteiger charge is 2.41. The van der Waals surface area contributed by atoms with Crippen molar-refractivity contribution in [3.8, 4) is 5.75 Å². The van der Waals surface area contributed by atoms with Crippen molar-refractivity contribution in [3.05, 3.63) is 88.1 Å². The van der Waals surface area contributed by atoms with Crippen LogP contribution in [0.1, 0.15) is 50.8 Å². The van der Waals surface area contributed by atoms with E-state index in [-0.39, 0.29) is 18.4 Å². The van der Waals surface area contributed by atoms with E-state index in [1.807, 2.05) is 85.7 Å². The van der Waals surface area contributed by atoms with E-state index in [1.165, 1.54) is 18.9 Å². The molecule has 0 aromatic heterocycles. The molecular weight excluding hydrogens is 474 g/mol. The smallest absolute Gasteiger partial charge is 0.338 e. The van der Waals surface area contributed by atoms with Crippen LogP contribution in [0.5, 0.6) is 5.75 Å². The zero-order chi connectivity index (χ0) is 25.7. The van der Waals surface area contributed by atoms with Crippen molar-refractivity contribution < 1.29 is 19.1 Å². The first kappa shape index (κ1) is 25.6. The molecule has 0 saturated heterocycles. The molecular formula is C28H31N3O4S. The maximum atomic E-state index is 13.1. The highest BCUT2D eigenvalue weighted by Crippen LogP contribution is 2.45. The van der Waals surface area contributed by atoms with Crippen molar-refractivity contribution in [3.63, 3.8) is 0 Å². The van der Waals surface area contributed by atoms with Gasteiger partial charge in [0.25, 0.3) is 0 Å². The first-order valence-corrected chi connectivity index (χ1v) is 12.9. The molecule has 8 heteroatoms. The lowest BCUT2D eigenvalue weighted by Gasteiger charge is -2.36. The summed E-state index contributed by atoms with van der Waals surface area (Å²) in [6.45, 7) is 6.26. The Morgan fingerprint density at radius 2 is 1.92 bits per heavy atom. The number of amidine groups is 1. The summed E-state index contributed by atoms with van der Waals surface area (Å²) in [7, 11) is 1.38. The van der Waals surface area contributed by atoms with Crippen molar-refractivity contribution in [2.24, 2.45) is 4.99 Å². The lowest BCUT2D eigenvalue weighted by atomic mass is 9.92. The molecule has 0 saturated carbocycles. The van der Waals surface area contributed by atoms with Gasteiger partial charge in [-0.2, -0.15) is 0 Å². The number of nitrogens with one attached hydrogen (secondary N) is 1. The van der Waals surface area contributed by atoms with E-state index in [9.17, 15) is 9.59 Å². The van der Waals surface area contributed by atoms with Gasteiger partial charge in [0, 0.05) is 11.7 Å². The molecule has 1 unspecified atom stereocenters. The Hall–Kier alpha value is -3.52. The lowest BCUT2D eigenvalue weighted by molar-refractivity contribution is -0.136. The quantitative estimate of drug-likeness (QED) is 0.465. The minimum absolute atomic E-state index is 0.0353. The van der Waals surface area contributed by atoms with Gasteiger partial charge in [-0.05, 0) is 48.9 Å². The van der Waals surface area contributed by atoms with Crippen LogP contribution in [0, 0.1) is 0 Å². The van der Waals surface area contributed by atoms with E-state index in [4.69, 9.17) is 14.5 Å². The van der Waals surface area contributed by atoms with Crippen molar-refractivity contribution in [2.75, 3.05) is 7.11 Å². The number of hydrogen-bond acceptors (Lipinski definition) is 7. The number of hydrogen-bond donors (Lipinski definition) is 1. The van der Waals surface area contributed by atoms with Crippen molar-refractivity contribution >= 4 is 28.8 Å². The van der Waals surface area contributed by atoms with Gasteiger partial charge in [0.05, 0.1) is 30.8 Å². The average molecular weight is 506 g/mol. The molecule has 4 rings (SSSR count). The molecule has 2 aliphatic rings. The van der Waals surface area contributed by atoms with Crippen LogP contribution in [0.3, 0.4) is 0 Å². The molecule has 36 heavy (non-hydrogen) atoms. The molecule has 7 nitrogen and oxygen atoms in total. The number of ether oxygens (including phenoxy) is 2. The molecule has 0 fully saturated rings. The molecule has 2 aromatic rings. The minimum Gasteiger partial charge on any atom is -0.489 e. The van der Waals surface area contributed by atoms with Crippen LogP contribution >= 0.6 is 11.8 Å². The van der Waals surface area contributed by atoms with Crippen molar-refractivity contribution in [1.29, 1.82) is 0 Å². The highest BCUT2D eigenvalue weighted by molar-refractivity contribution is 8.16. The first-order valence-electron chi connectivity index (χ1n) is 12.0. The molecule has 1 atom stereocenters. The van der Waals surface area contributed by atoms with Gasteiger partial charge in [-0.3, -0.25) is 4.79 Å². The Balaban J connectivity index is 1.70. The fourth-order valence-electron chi connectivity index (χ4n) is 4.28. The van der Waals surface area contributed by atoms with Crippen LogP contribution in [-0.4, -0.2) is 35.1 Å². The second kappa shape index (κ2) is 11.5. The standard InChI is InChI=1S/C28H31N3O4S/c1-5-23-25(27(33)34-4)26(31-21(17-36-28(31)30-23)15-24(32)29-18(2)3)20-12-9-13-22(14-20)35-16-19-10-7-6-8-11-19/h6-14,17-18,26H,5,15-16H2,1-4H3,(H,29,32). The fraction of sp³-hybridized carbons (Fsp3) is 0.321. The Bertz CT molecular complexity index is 1220. The predicted octanol–water partition coefficient (Wildman–Crippen LogP) is 5.32. The summed E-state index contributed by atoms with van der Waals surface area (Å²) in [5.41, 5.74) is 3.87. The third-order valence-corrected chi connectivity index (χ3v) is 6.73. The number of benzene rings is 2. The second-order valence-corrected chi connectivity index (χ2v) is 9.68. The monoisotopic (exact) mass is 505 g/mol. The molecule has 0 radical (unpaired) electrons. The number of allylic oxidation sites excluding steroid dienone is 1. The summed E-state index contributed by atoms with van der Waals surface area (Å²) in [5, 5.41) is 5.63. The number of aliphatic imine (C=N–C) groups is 1. The van der Waals surface area contributed by atoms with Gasteiger partial charge in [-0.25, -0.2) is 9.79 Å². The third-order valence-electron chi connectivity index (χ3n) is 5.84. The Kier molecular flexibility index (Phi) is 8.15. The van der Waals surface area contributed by atoms with Crippen LogP contribution in [0.15, 0.2) is 82.0 Å².